The predicted octanol–water partition coefficient (Wildman–Crippen LogP) is 3.74. The highest BCUT2D eigenvalue weighted by molar-refractivity contribution is 6.30. The van der Waals surface area contributed by atoms with E-state index >= 15 is 0 Å². The Bertz CT molecular complexity index is 544. The van der Waals surface area contributed by atoms with Gasteiger partial charge in [-0.1, -0.05) is 43.5 Å². The van der Waals surface area contributed by atoms with Crippen LogP contribution in [0.2, 0.25) is 5.02 Å². The summed E-state index contributed by atoms with van der Waals surface area (Å²) in [4.78, 5) is 4.38. The smallest absolute Gasteiger partial charge is 0.244 e. The maximum Gasteiger partial charge on any atom is 0.244 e. The van der Waals surface area contributed by atoms with E-state index < -0.39 is 0 Å². The normalized spacial score (nSPS) is 10.4. The lowest BCUT2D eigenvalue weighted by molar-refractivity contribution is 0.741. The van der Waals surface area contributed by atoms with Crippen LogP contribution in [0, 0.1) is 0 Å². The quantitative estimate of drug-likeness (QED) is 0.727. The third kappa shape index (κ3) is 5.55. The van der Waals surface area contributed by atoms with E-state index in [1.54, 1.807) is 6.20 Å². The van der Waals surface area contributed by atoms with Gasteiger partial charge in [-0.05, 0) is 24.1 Å². The fraction of sp³-hybridized carbons (Fsp3) is 0.400. The van der Waals surface area contributed by atoms with Crippen LogP contribution in [-0.4, -0.2) is 21.7 Å². The Hall–Kier alpha value is -1.88. The van der Waals surface area contributed by atoms with Crippen molar-refractivity contribution in [1.82, 2.24) is 15.2 Å². The molecule has 0 aliphatic carbocycles. The molecule has 1 heterocycles. The van der Waals surface area contributed by atoms with Crippen molar-refractivity contribution < 1.29 is 0 Å². The number of hydrogen-bond acceptors (Lipinski definition) is 5. The van der Waals surface area contributed by atoms with Crippen LogP contribution in [0.15, 0.2) is 30.5 Å². The first-order valence-electron chi connectivity index (χ1n) is 7.20. The van der Waals surface area contributed by atoms with Gasteiger partial charge in [-0.3, -0.25) is 0 Å². The Morgan fingerprint density at radius 3 is 2.67 bits per heavy atom. The molecule has 5 nitrogen and oxygen atoms in total. The van der Waals surface area contributed by atoms with Crippen LogP contribution in [0.4, 0.5) is 11.8 Å². The van der Waals surface area contributed by atoms with Crippen LogP contribution in [0.3, 0.4) is 0 Å². The molecule has 1 aromatic carbocycles. The van der Waals surface area contributed by atoms with Gasteiger partial charge >= 0.3 is 0 Å². The molecule has 0 atom stereocenters. The zero-order chi connectivity index (χ0) is 14.9. The van der Waals surface area contributed by atoms with Gasteiger partial charge in [0.05, 0.1) is 6.20 Å². The maximum absolute atomic E-state index is 5.86. The number of unbranched alkanes of at least 4 members (excludes halogenated alkanes) is 2. The van der Waals surface area contributed by atoms with Gasteiger partial charge in [0.25, 0.3) is 0 Å². The molecule has 0 aliphatic rings. The van der Waals surface area contributed by atoms with Gasteiger partial charge < -0.3 is 10.6 Å². The van der Waals surface area contributed by atoms with Crippen molar-refractivity contribution in [3.05, 3.63) is 41.0 Å². The van der Waals surface area contributed by atoms with Gasteiger partial charge in [0.2, 0.25) is 5.95 Å². The monoisotopic (exact) mass is 305 g/mol. The summed E-state index contributed by atoms with van der Waals surface area (Å²) in [6, 6.07) is 7.66. The molecule has 0 saturated carbocycles. The van der Waals surface area contributed by atoms with Gasteiger partial charge in [0.15, 0.2) is 0 Å². The second kappa shape index (κ2) is 8.42. The molecule has 0 fully saturated rings. The molecular weight excluding hydrogens is 286 g/mol. The average molecular weight is 306 g/mol. The third-order valence-electron chi connectivity index (χ3n) is 3.01. The van der Waals surface area contributed by atoms with E-state index in [0.29, 0.717) is 12.5 Å². The molecule has 0 radical (unpaired) electrons. The second-order valence-electron chi connectivity index (χ2n) is 4.78. The molecular formula is C15H20ClN5. The van der Waals surface area contributed by atoms with Crippen molar-refractivity contribution in [2.45, 2.75) is 32.7 Å². The number of aromatic nitrogens is 3. The minimum Gasteiger partial charge on any atom is -0.369 e. The third-order valence-corrected chi connectivity index (χ3v) is 3.26. The molecule has 0 saturated heterocycles. The molecule has 2 aromatic rings. The first-order valence-corrected chi connectivity index (χ1v) is 7.57. The Kier molecular flexibility index (Phi) is 6.22. The topological polar surface area (TPSA) is 62.7 Å². The van der Waals surface area contributed by atoms with E-state index in [9.17, 15) is 0 Å². The fourth-order valence-electron chi connectivity index (χ4n) is 1.84. The van der Waals surface area contributed by atoms with Gasteiger partial charge in [0.1, 0.15) is 5.82 Å². The van der Waals surface area contributed by atoms with E-state index in [0.717, 1.165) is 29.4 Å². The SMILES string of the molecule is CCCCCNc1cnnc(NCc2ccc(Cl)cc2)n1. The lowest BCUT2D eigenvalue weighted by atomic mass is 10.2. The van der Waals surface area contributed by atoms with Crippen LogP contribution in [-0.2, 0) is 6.54 Å². The molecule has 0 unspecified atom stereocenters. The minimum atomic E-state index is 0.519. The summed E-state index contributed by atoms with van der Waals surface area (Å²) in [7, 11) is 0. The molecule has 0 aliphatic heterocycles. The molecule has 2 N–H and O–H groups in total. The number of nitrogens with one attached hydrogen (secondary N) is 2. The molecule has 0 amide bonds. The van der Waals surface area contributed by atoms with Crippen molar-refractivity contribution in [2.24, 2.45) is 0 Å². The summed E-state index contributed by atoms with van der Waals surface area (Å²) in [5.74, 6) is 1.27. The van der Waals surface area contributed by atoms with Crippen molar-refractivity contribution in [2.75, 3.05) is 17.2 Å². The summed E-state index contributed by atoms with van der Waals surface area (Å²) in [6.45, 7) is 3.73. The molecule has 112 valence electrons. The van der Waals surface area contributed by atoms with Gasteiger partial charge in [-0.15, -0.1) is 5.10 Å². The highest BCUT2D eigenvalue weighted by atomic mass is 35.5. The highest BCUT2D eigenvalue weighted by Crippen LogP contribution is 2.11. The van der Waals surface area contributed by atoms with Crippen molar-refractivity contribution in [3.63, 3.8) is 0 Å². The van der Waals surface area contributed by atoms with Crippen molar-refractivity contribution >= 4 is 23.4 Å². The lowest BCUT2D eigenvalue weighted by Gasteiger charge is -2.07. The van der Waals surface area contributed by atoms with E-state index in [-0.39, 0.29) is 0 Å². The lowest BCUT2D eigenvalue weighted by Crippen LogP contribution is -2.08. The average Bonchev–Trinajstić information content (AvgIpc) is 2.52. The molecule has 21 heavy (non-hydrogen) atoms. The molecule has 2 rings (SSSR count). The standard InChI is InChI=1S/C15H20ClN5/c1-2-3-4-9-17-14-11-19-21-15(20-14)18-10-12-5-7-13(16)8-6-12/h5-8,11H,2-4,9-10H2,1H3,(H2,17,18,20,21). The van der Waals surface area contributed by atoms with E-state index in [2.05, 4.69) is 32.7 Å². The first-order chi connectivity index (χ1) is 10.3. The second-order valence-corrected chi connectivity index (χ2v) is 5.22. The first kappa shape index (κ1) is 15.5. The zero-order valence-electron chi connectivity index (χ0n) is 12.1. The number of benzene rings is 1. The summed E-state index contributed by atoms with van der Waals surface area (Å²) in [6.07, 6.45) is 5.19. The summed E-state index contributed by atoms with van der Waals surface area (Å²) in [5, 5.41) is 15.1. The van der Waals surface area contributed by atoms with Gasteiger partial charge in [-0.25, -0.2) is 0 Å². The zero-order valence-corrected chi connectivity index (χ0v) is 12.9. The maximum atomic E-state index is 5.86. The Balaban J connectivity index is 1.84. The number of halogens is 1. The largest absolute Gasteiger partial charge is 0.369 e. The van der Waals surface area contributed by atoms with E-state index in [1.165, 1.54) is 12.8 Å². The van der Waals surface area contributed by atoms with Gasteiger partial charge in [0, 0.05) is 18.1 Å². The molecule has 1 aromatic heterocycles. The number of hydrogen-bond donors (Lipinski definition) is 2. The highest BCUT2D eigenvalue weighted by Gasteiger charge is 2.00. The Morgan fingerprint density at radius 1 is 1.10 bits per heavy atom. The summed E-state index contributed by atoms with van der Waals surface area (Å²) in [5.41, 5.74) is 1.12. The van der Waals surface area contributed by atoms with Crippen molar-refractivity contribution in [3.8, 4) is 0 Å². The van der Waals surface area contributed by atoms with Crippen LogP contribution in [0.25, 0.3) is 0 Å². The number of nitrogens with zero attached hydrogens (tertiary/aromatic N) is 3. The van der Waals surface area contributed by atoms with E-state index in [1.807, 2.05) is 24.3 Å². The van der Waals surface area contributed by atoms with Crippen LogP contribution in [0.1, 0.15) is 31.7 Å². The molecule has 6 heteroatoms. The summed E-state index contributed by atoms with van der Waals surface area (Å²) >= 11 is 5.86. The van der Waals surface area contributed by atoms with E-state index in [4.69, 9.17) is 11.6 Å². The molecule has 0 spiro atoms. The Morgan fingerprint density at radius 2 is 1.90 bits per heavy atom. The van der Waals surface area contributed by atoms with Crippen LogP contribution < -0.4 is 10.6 Å². The number of anilines is 2. The van der Waals surface area contributed by atoms with Crippen LogP contribution in [0.5, 0.6) is 0 Å². The number of rotatable bonds is 8. The fourth-order valence-corrected chi connectivity index (χ4v) is 1.96. The minimum absolute atomic E-state index is 0.519. The predicted molar refractivity (Wildman–Crippen MR) is 86.6 cm³/mol. The summed E-state index contributed by atoms with van der Waals surface area (Å²) < 4.78 is 0. The van der Waals surface area contributed by atoms with Gasteiger partial charge in [-0.2, -0.15) is 10.1 Å². The molecule has 0 bridgehead atoms. The van der Waals surface area contributed by atoms with Crippen LogP contribution >= 0.6 is 11.6 Å². The Labute approximate surface area is 130 Å². The van der Waals surface area contributed by atoms with Crippen molar-refractivity contribution in [1.29, 1.82) is 0 Å².